The number of nitrogens with zero attached hydrogens (tertiary/aromatic N) is 2. The quantitative estimate of drug-likeness (QED) is 0.890. The molecule has 2 fully saturated rings. The summed E-state index contributed by atoms with van der Waals surface area (Å²) in [6.45, 7) is 3.43. The number of hydrogen-bond donors (Lipinski definition) is 1. The van der Waals surface area contributed by atoms with Gasteiger partial charge in [-0.25, -0.2) is 8.42 Å². The van der Waals surface area contributed by atoms with Crippen molar-refractivity contribution >= 4 is 21.6 Å². The van der Waals surface area contributed by atoms with Gasteiger partial charge in [-0.15, -0.1) is 0 Å². The number of hydrogen-bond acceptors (Lipinski definition) is 4. The second-order valence-corrected chi connectivity index (χ2v) is 8.32. The summed E-state index contributed by atoms with van der Waals surface area (Å²) in [7, 11) is -3.55. The van der Waals surface area contributed by atoms with Crippen molar-refractivity contribution in [3.63, 3.8) is 0 Å². The zero-order valence-corrected chi connectivity index (χ0v) is 14.0. The van der Waals surface area contributed by atoms with Crippen LogP contribution in [0.3, 0.4) is 0 Å². The van der Waals surface area contributed by atoms with Gasteiger partial charge in [-0.05, 0) is 42.5 Å². The largest absolute Gasteiger partial charge is 0.396 e. The van der Waals surface area contributed by atoms with E-state index in [9.17, 15) is 18.3 Å². The number of amides is 1. The van der Waals surface area contributed by atoms with Gasteiger partial charge in [0, 0.05) is 38.3 Å². The van der Waals surface area contributed by atoms with Gasteiger partial charge >= 0.3 is 0 Å². The smallest absolute Gasteiger partial charge is 0.243 e. The maximum absolute atomic E-state index is 12.7. The van der Waals surface area contributed by atoms with Crippen LogP contribution in [-0.4, -0.2) is 50.0 Å². The first-order valence-electron chi connectivity index (χ1n) is 7.95. The lowest BCUT2D eigenvalue weighted by Gasteiger charge is -2.18. The van der Waals surface area contributed by atoms with E-state index >= 15 is 0 Å². The molecule has 1 amide bonds. The van der Waals surface area contributed by atoms with Crippen molar-refractivity contribution in [2.24, 2.45) is 11.8 Å². The van der Waals surface area contributed by atoms with Crippen LogP contribution in [0.25, 0.3) is 0 Å². The van der Waals surface area contributed by atoms with Crippen molar-refractivity contribution in [1.82, 2.24) is 4.31 Å². The molecule has 3 rings (SSSR count). The lowest BCUT2D eigenvalue weighted by molar-refractivity contribution is -0.117. The third-order valence-corrected chi connectivity index (χ3v) is 6.67. The van der Waals surface area contributed by atoms with Gasteiger partial charge in [0.15, 0.2) is 0 Å². The molecule has 2 heterocycles. The van der Waals surface area contributed by atoms with Crippen molar-refractivity contribution in [1.29, 1.82) is 0 Å². The van der Waals surface area contributed by atoms with E-state index in [1.165, 1.54) is 4.31 Å². The normalized spacial score (nSPS) is 26.2. The van der Waals surface area contributed by atoms with Crippen LogP contribution >= 0.6 is 0 Å². The summed E-state index contributed by atoms with van der Waals surface area (Å²) in [5.41, 5.74) is 0.745. The van der Waals surface area contributed by atoms with Crippen molar-refractivity contribution in [2.45, 2.75) is 24.7 Å². The van der Waals surface area contributed by atoms with Gasteiger partial charge in [0.05, 0.1) is 4.90 Å². The van der Waals surface area contributed by atoms with E-state index in [0.29, 0.717) is 26.1 Å². The molecule has 1 aromatic rings. The second kappa shape index (κ2) is 6.22. The molecule has 0 aromatic heterocycles. The molecule has 1 N–H and O–H groups in total. The number of sulfonamides is 1. The Kier molecular flexibility index (Phi) is 4.44. The SMILES string of the molecule is C[C@@H]1CN(S(=O)(=O)c2ccc(N3CCCC3=O)cc2)C[C@H]1CO. The highest BCUT2D eigenvalue weighted by Crippen LogP contribution is 2.29. The highest BCUT2D eigenvalue weighted by molar-refractivity contribution is 7.89. The Labute approximate surface area is 136 Å². The second-order valence-electron chi connectivity index (χ2n) is 6.38. The maximum Gasteiger partial charge on any atom is 0.243 e. The first-order valence-corrected chi connectivity index (χ1v) is 9.39. The summed E-state index contributed by atoms with van der Waals surface area (Å²) < 4.78 is 26.8. The summed E-state index contributed by atoms with van der Waals surface area (Å²) in [5, 5.41) is 9.31. The minimum absolute atomic E-state index is 0.00317. The number of aliphatic hydroxyl groups excluding tert-OH is 1. The monoisotopic (exact) mass is 338 g/mol. The zero-order chi connectivity index (χ0) is 16.6. The van der Waals surface area contributed by atoms with E-state index in [0.717, 1.165) is 12.1 Å². The minimum atomic E-state index is -3.55. The molecule has 2 aliphatic rings. The number of carbonyl (C=O) groups excluding carboxylic acids is 1. The molecule has 23 heavy (non-hydrogen) atoms. The molecule has 7 heteroatoms. The van der Waals surface area contributed by atoms with Crippen LogP contribution in [0.2, 0.25) is 0 Å². The number of benzene rings is 1. The predicted molar refractivity (Wildman–Crippen MR) is 86.5 cm³/mol. The summed E-state index contributed by atoms with van der Waals surface area (Å²) in [6.07, 6.45) is 1.39. The molecule has 2 aliphatic heterocycles. The summed E-state index contributed by atoms with van der Waals surface area (Å²) >= 11 is 0. The number of anilines is 1. The lowest BCUT2D eigenvalue weighted by Crippen LogP contribution is -2.29. The highest BCUT2D eigenvalue weighted by Gasteiger charge is 2.36. The number of rotatable bonds is 4. The van der Waals surface area contributed by atoms with Gasteiger partial charge in [0.2, 0.25) is 15.9 Å². The van der Waals surface area contributed by atoms with Crippen LogP contribution in [0.1, 0.15) is 19.8 Å². The predicted octanol–water partition coefficient (Wildman–Crippen LogP) is 1.06. The van der Waals surface area contributed by atoms with Crippen LogP contribution in [-0.2, 0) is 14.8 Å². The van der Waals surface area contributed by atoms with Crippen LogP contribution in [0, 0.1) is 11.8 Å². The molecular formula is C16H22N2O4S. The van der Waals surface area contributed by atoms with Crippen molar-refractivity contribution in [2.75, 3.05) is 31.1 Å². The van der Waals surface area contributed by atoms with Gasteiger partial charge in [-0.3, -0.25) is 4.79 Å². The van der Waals surface area contributed by atoms with Gasteiger partial charge in [0.25, 0.3) is 0 Å². The first kappa shape index (κ1) is 16.4. The molecule has 126 valence electrons. The van der Waals surface area contributed by atoms with Gasteiger partial charge < -0.3 is 10.0 Å². The van der Waals surface area contributed by atoms with E-state index in [-0.39, 0.29) is 29.2 Å². The van der Waals surface area contributed by atoms with Crippen LogP contribution in [0.5, 0.6) is 0 Å². The Hall–Kier alpha value is -1.44. The molecule has 2 saturated heterocycles. The van der Waals surface area contributed by atoms with E-state index in [4.69, 9.17) is 0 Å². The van der Waals surface area contributed by atoms with Gasteiger partial charge in [0.1, 0.15) is 0 Å². The Balaban J connectivity index is 1.80. The van der Waals surface area contributed by atoms with E-state index in [1.54, 1.807) is 29.2 Å². The van der Waals surface area contributed by atoms with E-state index in [1.807, 2.05) is 6.92 Å². The molecule has 0 unspecified atom stereocenters. The summed E-state index contributed by atoms with van der Waals surface area (Å²) in [6, 6.07) is 6.51. The number of carbonyl (C=O) groups is 1. The maximum atomic E-state index is 12.7. The molecule has 0 bridgehead atoms. The fraction of sp³-hybridized carbons (Fsp3) is 0.562. The topological polar surface area (TPSA) is 77.9 Å². The zero-order valence-electron chi connectivity index (χ0n) is 13.2. The van der Waals surface area contributed by atoms with Gasteiger partial charge in [-0.1, -0.05) is 6.92 Å². The Morgan fingerprint density at radius 3 is 2.43 bits per heavy atom. The number of aliphatic hydroxyl groups is 1. The van der Waals surface area contributed by atoms with Crippen LogP contribution in [0.4, 0.5) is 5.69 Å². The fourth-order valence-electron chi connectivity index (χ4n) is 3.29. The van der Waals surface area contributed by atoms with Crippen LogP contribution < -0.4 is 4.90 Å². The molecule has 6 nitrogen and oxygen atoms in total. The average molecular weight is 338 g/mol. The molecule has 0 radical (unpaired) electrons. The first-order chi connectivity index (χ1) is 10.9. The fourth-order valence-corrected chi connectivity index (χ4v) is 4.89. The summed E-state index contributed by atoms with van der Waals surface area (Å²) in [4.78, 5) is 13.7. The Morgan fingerprint density at radius 2 is 1.91 bits per heavy atom. The van der Waals surface area contributed by atoms with Gasteiger partial charge in [-0.2, -0.15) is 4.31 Å². The molecule has 0 spiro atoms. The molecule has 1 aromatic carbocycles. The molecular weight excluding hydrogens is 316 g/mol. The van der Waals surface area contributed by atoms with Crippen LogP contribution in [0.15, 0.2) is 29.2 Å². The van der Waals surface area contributed by atoms with Crippen molar-refractivity contribution in [3.05, 3.63) is 24.3 Å². The van der Waals surface area contributed by atoms with E-state index in [2.05, 4.69) is 0 Å². The highest BCUT2D eigenvalue weighted by atomic mass is 32.2. The lowest BCUT2D eigenvalue weighted by atomic mass is 10.00. The third-order valence-electron chi connectivity index (χ3n) is 4.83. The third kappa shape index (κ3) is 3.00. The summed E-state index contributed by atoms with van der Waals surface area (Å²) in [5.74, 6) is 0.224. The molecule has 0 aliphatic carbocycles. The Morgan fingerprint density at radius 1 is 1.22 bits per heavy atom. The molecule has 2 atom stereocenters. The van der Waals surface area contributed by atoms with Crippen molar-refractivity contribution < 1.29 is 18.3 Å². The van der Waals surface area contributed by atoms with Crippen molar-refractivity contribution in [3.8, 4) is 0 Å². The minimum Gasteiger partial charge on any atom is -0.396 e. The van der Waals surface area contributed by atoms with E-state index < -0.39 is 10.0 Å². The Bertz CT molecular complexity index is 687. The average Bonchev–Trinajstić information content (AvgIpc) is 3.13. The standard InChI is InChI=1S/C16H22N2O4S/c1-12-9-17(10-13(12)11-19)23(21,22)15-6-4-14(5-7-15)18-8-2-3-16(18)20/h4-7,12-13,19H,2-3,8-11H2,1H3/t12-,13+/m1/s1. The molecule has 0 saturated carbocycles.